The number of hydrogen-bond acceptors (Lipinski definition) is 3. The van der Waals surface area contributed by atoms with Gasteiger partial charge in [-0.25, -0.2) is 4.39 Å². The fraction of sp³-hybridized carbons (Fsp3) is 0.167. The molecule has 1 heterocycles. The predicted octanol–water partition coefficient (Wildman–Crippen LogP) is 2.45. The van der Waals surface area contributed by atoms with Gasteiger partial charge in [-0.3, -0.25) is 4.79 Å². The van der Waals surface area contributed by atoms with Crippen molar-refractivity contribution in [2.75, 3.05) is 6.54 Å². The molecule has 0 aliphatic rings. The van der Waals surface area contributed by atoms with E-state index in [1.54, 1.807) is 12.1 Å². The third-order valence-electron chi connectivity index (χ3n) is 2.36. The molecule has 0 radical (unpaired) electrons. The Kier molecular flexibility index (Phi) is 3.88. The van der Waals surface area contributed by atoms with Gasteiger partial charge in [0.1, 0.15) is 5.82 Å². The van der Waals surface area contributed by atoms with E-state index in [1.165, 1.54) is 23.5 Å². The zero-order chi connectivity index (χ0) is 13.1. The van der Waals surface area contributed by atoms with Gasteiger partial charge in [0.05, 0.1) is 9.87 Å². The van der Waals surface area contributed by atoms with Crippen molar-refractivity contribution >= 4 is 44.5 Å². The van der Waals surface area contributed by atoms with Gasteiger partial charge in [-0.1, -0.05) is 18.3 Å². The van der Waals surface area contributed by atoms with Gasteiger partial charge in [-0.2, -0.15) is 0 Å². The van der Waals surface area contributed by atoms with Crippen molar-refractivity contribution in [1.82, 2.24) is 5.32 Å². The molecule has 0 unspecified atom stereocenters. The minimum atomic E-state index is -0.301. The summed E-state index contributed by atoms with van der Waals surface area (Å²) in [5.41, 5.74) is 5.34. The van der Waals surface area contributed by atoms with Gasteiger partial charge < -0.3 is 11.1 Å². The molecule has 0 saturated carbocycles. The molecular formula is C12H11FN2OS2. The highest BCUT2D eigenvalue weighted by Crippen LogP contribution is 2.26. The quantitative estimate of drug-likeness (QED) is 0.847. The lowest BCUT2D eigenvalue weighted by Crippen LogP contribution is -2.26. The van der Waals surface area contributed by atoms with E-state index in [1.807, 2.05) is 0 Å². The van der Waals surface area contributed by atoms with Crippen LogP contribution in [0.4, 0.5) is 4.39 Å². The third kappa shape index (κ3) is 3.02. The van der Waals surface area contributed by atoms with E-state index in [0.29, 0.717) is 22.8 Å². The highest BCUT2D eigenvalue weighted by atomic mass is 32.1. The van der Waals surface area contributed by atoms with Crippen molar-refractivity contribution in [1.29, 1.82) is 0 Å². The van der Waals surface area contributed by atoms with Crippen LogP contribution in [0.15, 0.2) is 24.3 Å². The number of benzene rings is 1. The molecule has 1 aromatic carbocycles. The SMILES string of the molecule is NC(=S)CCNC(=O)c1cc2ccc(F)cc2s1. The Bertz CT molecular complexity index is 609. The van der Waals surface area contributed by atoms with Crippen LogP contribution in [0.2, 0.25) is 0 Å². The minimum Gasteiger partial charge on any atom is -0.393 e. The highest BCUT2D eigenvalue weighted by Gasteiger charge is 2.10. The summed E-state index contributed by atoms with van der Waals surface area (Å²) in [7, 11) is 0. The lowest BCUT2D eigenvalue weighted by molar-refractivity contribution is 0.0959. The molecule has 0 aliphatic heterocycles. The summed E-state index contributed by atoms with van der Waals surface area (Å²) < 4.78 is 13.8. The second-order valence-corrected chi connectivity index (χ2v) is 5.37. The first-order chi connectivity index (χ1) is 8.56. The van der Waals surface area contributed by atoms with Gasteiger partial charge in [-0.05, 0) is 23.6 Å². The second kappa shape index (κ2) is 5.41. The van der Waals surface area contributed by atoms with Gasteiger partial charge in [0, 0.05) is 17.7 Å². The van der Waals surface area contributed by atoms with E-state index >= 15 is 0 Å². The average molecular weight is 282 g/mol. The molecule has 0 saturated heterocycles. The molecule has 94 valence electrons. The molecular weight excluding hydrogens is 271 g/mol. The first kappa shape index (κ1) is 12.9. The molecule has 1 amide bonds. The van der Waals surface area contributed by atoms with Crippen molar-refractivity contribution in [2.45, 2.75) is 6.42 Å². The van der Waals surface area contributed by atoms with E-state index in [9.17, 15) is 9.18 Å². The average Bonchev–Trinajstić information content (AvgIpc) is 2.71. The summed E-state index contributed by atoms with van der Waals surface area (Å²) in [6, 6.07) is 6.21. The van der Waals surface area contributed by atoms with E-state index in [4.69, 9.17) is 18.0 Å². The summed E-state index contributed by atoms with van der Waals surface area (Å²) >= 11 is 5.98. The number of hydrogen-bond donors (Lipinski definition) is 2. The van der Waals surface area contributed by atoms with Crippen LogP contribution < -0.4 is 11.1 Å². The van der Waals surface area contributed by atoms with Crippen LogP contribution in [-0.2, 0) is 0 Å². The summed E-state index contributed by atoms with van der Waals surface area (Å²) in [5, 5.41) is 3.58. The summed E-state index contributed by atoms with van der Waals surface area (Å²) in [4.78, 5) is 12.7. The lowest BCUT2D eigenvalue weighted by atomic mass is 10.2. The molecule has 3 N–H and O–H groups in total. The number of carbonyl (C=O) groups is 1. The first-order valence-electron chi connectivity index (χ1n) is 5.32. The first-order valence-corrected chi connectivity index (χ1v) is 6.54. The maximum Gasteiger partial charge on any atom is 0.261 e. The van der Waals surface area contributed by atoms with E-state index in [2.05, 4.69) is 5.32 Å². The third-order valence-corrected chi connectivity index (χ3v) is 3.66. The maximum atomic E-state index is 13.0. The van der Waals surface area contributed by atoms with Crippen molar-refractivity contribution in [3.63, 3.8) is 0 Å². The zero-order valence-electron chi connectivity index (χ0n) is 9.40. The van der Waals surface area contributed by atoms with E-state index in [-0.39, 0.29) is 11.7 Å². The topological polar surface area (TPSA) is 55.1 Å². The summed E-state index contributed by atoms with van der Waals surface area (Å²) in [6.45, 7) is 0.413. The van der Waals surface area contributed by atoms with Crippen LogP contribution in [0.25, 0.3) is 10.1 Å². The summed E-state index contributed by atoms with van der Waals surface area (Å²) in [5.74, 6) is -0.488. The number of carbonyl (C=O) groups excluding carboxylic acids is 1. The lowest BCUT2D eigenvalue weighted by Gasteiger charge is -2.01. The second-order valence-electron chi connectivity index (χ2n) is 3.77. The Balaban J connectivity index is 2.10. The van der Waals surface area contributed by atoms with Gasteiger partial charge in [-0.15, -0.1) is 11.3 Å². The number of rotatable bonds is 4. The maximum absolute atomic E-state index is 13.0. The molecule has 2 rings (SSSR count). The monoisotopic (exact) mass is 282 g/mol. The molecule has 1 aromatic heterocycles. The van der Waals surface area contributed by atoms with Gasteiger partial charge in [0.15, 0.2) is 0 Å². The van der Waals surface area contributed by atoms with Crippen LogP contribution in [0.1, 0.15) is 16.1 Å². The Morgan fingerprint density at radius 3 is 2.94 bits per heavy atom. The molecule has 0 atom stereocenters. The molecule has 0 spiro atoms. The molecule has 0 fully saturated rings. The molecule has 0 bridgehead atoms. The molecule has 0 aliphatic carbocycles. The molecule has 6 heteroatoms. The van der Waals surface area contributed by atoms with Crippen LogP contribution in [0.3, 0.4) is 0 Å². The molecule has 2 aromatic rings. The van der Waals surface area contributed by atoms with Gasteiger partial charge >= 0.3 is 0 Å². The zero-order valence-corrected chi connectivity index (χ0v) is 11.0. The van der Waals surface area contributed by atoms with E-state index < -0.39 is 0 Å². The number of amides is 1. The fourth-order valence-electron chi connectivity index (χ4n) is 1.50. The Labute approximate surface area is 113 Å². The number of thiocarbonyl (C=S) groups is 1. The fourth-order valence-corrected chi connectivity index (χ4v) is 2.61. The minimum absolute atomic E-state index is 0.187. The van der Waals surface area contributed by atoms with Crippen LogP contribution in [0, 0.1) is 5.82 Å². The molecule has 3 nitrogen and oxygen atoms in total. The van der Waals surface area contributed by atoms with E-state index in [0.717, 1.165) is 10.1 Å². The smallest absolute Gasteiger partial charge is 0.261 e. The van der Waals surface area contributed by atoms with Crippen LogP contribution in [0.5, 0.6) is 0 Å². The standard InChI is InChI=1S/C12H11FN2OS2/c13-8-2-1-7-5-10(18-9(7)6-8)12(16)15-4-3-11(14)17/h1-2,5-6H,3-4H2,(H2,14,17)(H,15,16). The van der Waals surface area contributed by atoms with Crippen LogP contribution in [-0.4, -0.2) is 17.4 Å². The Morgan fingerprint density at radius 1 is 1.44 bits per heavy atom. The Hall–Kier alpha value is -1.53. The van der Waals surface area contributed by atoms with Crippen molar-refractivity contribution in [2.24, 2.45) is 5.73 Å². The molecule has 18 heavy (non-hydrogen) atoms. The number of nitrogens with one attached hydrogen (secondary N) is 1. The largest absolute Gasteiger partial charge is 0.393 e. The Morgan fingerprint density at radius 2 is 2.22 bits per heavy atom. The number of fused-ring (bicyclic) bond motifs is 1. The van der Waals surface area contributed by atoms with Crippen molar-refractivity contribution < 1.29 is 9.18 Å². The predicted molar refractivity (Wildman–Crippen MR) is 75.5 cm³/mol. The number of halogens is 1. The van der Waals surface area contributed by atoms with Crippen molar-refractivity contribution in [3.05, 3.63) is 35.0 Å². The van der Waals surface area contributed by atoms with Gasteiger partial charge in [0.25, 0.3) is 5.91 Å². The highest BCUT2D eigenvalue weighted by molar-refractivity contribution is 7.80. The van der Waals surface area contributed by atoms with Gasteiger partial charge in [0.2, 0.25) is 0 Å². The number of thiophene rings is 1. The number of nitrogens with two attached hydrogens (primary N) is 1. The van der Waals surface area contributed by atoms with Crippen LogP contribution >= 0.6 is 23.6 Å². The normalized spacial score (nSPS) is 10.5. The summed E-state index contributed by atoms with van der Waals surface area (Å²) in [6.07, 6.45) is 0.473. The van der Waals surface area contributed by atoms with Crippen molar-refractivity contribution in [3.8, 4) is 0 Å².